The van der Waals surface area contributed by atoms with Crippen LogP contribution in [0.5, 0.6) is 0 Å². The van der Waals surface area contributed by atoms with Gasteiger partial charge in [0.15, 0.2) is 0 Å². The molecule has 1 N–H and O–H groups in total. The molecule has 0 spiro atoms. The van der Waals surface area contributed by atoms with Gasteiger partial charge in [0.25, 0.3) is 0 Å². The van der Waals surface area contributed by atoms with Crippen LogP contribution >= 0.6 is 0 Å². The second kappa shape index (κ2) is 4.18. The van der Waals surface area contributed by atoms with Crippen molar-refractivity contribution in [3.63, 3.8) is 0 Å². The molecule has 0 amide bonds. The van der Waals surface area contributed by atoms with Gasteiger partial charge in [-0.1, -0.05) is 24.0 Å². The highest BCUT2D eigenvalue weighted by atomic mass is 16.4. The van der Waals surface area contributed by atoms with Crippen molar-refractivity contribution in [3.05, 3.63) is 35.4 Å². The largest absolute Gasteiger partial charge is 0.478 e. The van der Waals surface area contributed by atoms with Crippen molar-refractivity contribution in [1.82, 2.24) is 0 Å². The Hall–Kier alpha value is -1.75. The molecule has 2 heteroatoms. The third-order valence-corrected chi connectivity index (χ3v) is 1.73. The molecule has 2 nitrogen and oxygen atoms in total. The molecule has 78 valence electrons. The van der Waals surface area contributed by atoms with Gasteiger partial charge in [0.1, 0.15) is 0 Å². The van der Waals surface area contributed by atoms with Crippen LogP contribution in [0, 0.1) is 17.3 Å². The predicted molar refractivity (Wildman–Crippen MR) is 59.7 cm³/mol. The zero-order valence-corrected chi connectivity index (χ0v) is 9.16. The summed E-state index contributed by atoms with van der Waals surface area (Å²) in [6.45, 7) is 5.97. The number of hydrogen-bond acceptors (Lipinski definition) is 1. The molecular formula is C13H14O2. The minimum Gasteiger partial charge on any atom is -0.478 e. The van der Waals surface area contributed by atoms with E-state index in [9.17, 15) is 4.79 Å². The molecule has 0 heterocycles. The van der Waals surface area contributed by atoms with Crippen LogP contribution in [0.25, 0.3) is 0 Å². The van der Waals surface area contributed by atoms with Gasteiger partial charge in [-0.15, -0.1) is 0 Å². The first kappa shape index (κ1) is 11.3. The SMILES string of the molecule is CC(C)(C)C#Cc1ccccc1C(=O)O. The van der Waals surface area contributed by atoms with Crippen molar-refractivity contribution in [1.29, 1.82) is 0 Å². The van der Waals surface area contributed by atoms with Crippen molar-refractivity contribution < 1.29 is 9.90 Å². The lowest BCUT2D eigenvalue weighted by atomic mass is 9.97. The van der Waals surface area contributed by atoms with Gasteiger partial charge in [-0.05, 0) is 32.9 Å². The fourth-order valence-corrected chi connectivity index (χ4v) is 1.03. The molecule has 1 aromatic carbocycles. The maximum atomic E-state index is 10.9. The van der Waals surface area contributed by atoms with Crippen LogP contribution in [0.3, 0.4) is 0 Å². The molecule has 0 atom stereocenters. The fraction of sp³-hybridized carbons (Fsp3) is 0.308. The van der Waals surface area contributed by atoms with Crippen LogP contribution in [-0.4, -0.2) is 11.1 Å². The van der Waals surface area contributed by atoms with E-state index in [4.69, 9.17) is 5.11 Å². The Labute approximate surface area is 89.9 Å². The summed E-state index contributed by atoms with van der Waals surface area (Å²) in [4.78, 5) is 10.9. The summed E-state index contributed by atoms with van der Waals surface area (Å²) in [6, 6.07) is 6.78. The molecule has 0 aromatic heterocycles. The van der Waals surface area contributed by atoms with Crippen molar-refractivity contribution in [3.8, 4) is 11.8 Å². The van der Waals surface area contributed by atoms with Crippen molar-refractivity contribution in [2.24, 2.45) is 5.41 Å². The van der Waals surface area contributed by atoms with E-state index >= 15 is 0 Å². The minimum absolute atomic E-state index is 0.119. The maximum absolute atomic E-state index is 10.9. The van der Waals surface area contributed by atoms with Crippen molar-refractivity contribution >= 4 is 5.97 Å². The fourth-order valence-electron chi connectivity index (χ4n) is 1.03. The van der Waals surface area contributed by atoms with Crippen LogP contribution in [0.4, 0.5) is 0 Å². The standard InChI is InChI=1S/C13H14O2/c1-13(2,3)9-8-10-6-4-5-7-11(10)12(14)15/h4-7H,1-3H3,(H,14,15). The van der Waals surface area contributed by atoms with E-state index in [-0.39, 0.29) is 11.0 Å². The van der Waals surface area contributed by atoms with E-state index in [0.717, 1.165) is 0 Å². The molecule has 0 radical (unpaired) electrons. The molecule has 0 aliphatic heterocycles. The van der Waals surface area contributed by atoms with E-state index < -0.39 is 5.97 Å². The second-order valence-corrected chi connectivity index (χ2v) is 4.35. The van der Waals surface area contributed by atoms with Crippen LogP contribution in [0.15, 0.2) is 24.3 Å². The number of hydrogen-bond donors (Lipinski definition) is 1. The molecule has 0 saturated carbocycles. The summed E-state index contributed by atoms with van der Waals surface area (Å²) in [7, 11) is 0. The van der Waals surface area contributed by atoms with Crippen molar-refractivity contribution in [2.75, 3.05) is 0 Å². The van der Waals surface area contributed by atoms with Gasteiger partial charge in [0.05, 0.1) is 5.56 Å². The number of rotatable bonds is 1. The molecule has 0 aliphatic rings. The molecular weight excluding hydrogens is 188 g/mol. The average Bonchev–Trinajstić information content (AvgIpc) is 2.14. The van der Waals surface area contributed by atoms with Gasteiger partial charge in [0.2, 0.25) is 0 Å². The molecule has 0 fully saturated rings. The van der Waals surface area contributed by atoms with E-state index in [1.807, 2.05) is 20.8 Å². The Morgan fingerprint density at radius 1 is 1.27 bits per heavy atom. The van der Waals surface area contributed by atoms with Crippen molar-refractivity contribution in [2.45, 2.75) is 20.8 Å². The Bertz CT molecular complexity index is 428. The molecule has 0 aliphatic carbocycles. The van der Waals surface area contributed by atoms with Gasteiger partial charge >= 0.3 is 5.97 Å². The first-order valence-corrected chi connectivity index (χ1v) is 4.76. The third kappa shape index (κ3) is 3.47. The second-order valence-electron chi connectivity index (χ2n) is 4.35. The molecule has 1 rings (SSSR count). The van der Waals surface area contributed by atoms with E-state index in [1.54, 1.807) is 24.3 Å². The summed E-state index contributed by atoms with van der Waals surface area (Å²) >= 11 is 0. The van der Waals surface area contributed by atoms with E-state index in [1.165, 1.54) is 0 Å². The quantitative estimate of drug-likeness (QED) is 0.711. The van der Waals surface area contributed by atoms with Gasteiger partial charge in [-0.25, -0.2) is 4.79 Å². The van der Waals surface area contributed by atoms with Gasteiger partial charge in [-0.3, -0.25) is 0 Å². The smallest absolute Gasteiger partial charge is 0.336 e. The lowest BCUT2D eigenvalue weighted by Crippen LogP contribution is -2.02. The topological polar surface area (TPSA) is 37.3 Å². The van der Waals surface area contributed by atoms with Gasteiger partial charge < -0.3 is 5.11 Å². The van der Waals surface area contributed by atoms with E-state index in [0.29, 0.717) is 5.56 Å². The monoisotopic (exact) mass is 202 g/mol. The number of benzene rings is 1. The summed E-state index contributed by atoms with van der Waals surface area (Å²) in [5, 5.41) is 8.93. The lowest BCUT2D eigenvalue weighted by molar-refractivity contribution is 0.0696. The Morgan fingerprint density at radius 3 is 2.40 bits per heavy atom. The highest BCUT2D eigenvalue weighted by Crippen LogP contribution is 2.12. The van der Waals surface area contributed by atoms with Gasteiger partial charge in [0, 0.05) is 11.0 Å². The molecule has 0 saturated heterocycles. The number of aromatic carboxylic acids is 1. The zero-order valence-electron chi connectivity index (χ0n) is 9.16. The third-order valence-electron chi connectivity index (χ3n) is 1.73. The Morgan fingerprint density at radius 2 is 1.87 bits per heavy atom. The first-order chi connectivity index (χ1) is 6.90. The number of carboxylic acid groups (broad SMARTS) is 1. The average molecular weight is 202 g/mol. The summed E-state index contributed by atoms with van der Waals surface area (Å²) < 4.78 is 0. The maximum Gasteiger partial charge on any atom is 0.336 e. The minimum atomic E-state index is -0.936. The van der Waals surface area contributed by atoms with Crippen LogP contribution < -0.4 is 0 Å². The Balaban J connectivity index is 3.14. The molecule has 0 bridgehead atoms. The van der Waals surface area contributed by atoms with Crippen LogP contribution in [0.1, 0.15) is 36.7 Å². The number of carbonyl (C=O) groups is 1. The van der Waals surface area contributed by atoms with Crippen LogP contribution in [-0.2, 0) is 0 Å². The summed E-state index contributed by atoms with van der Waals surface area (Å²) in [6.07, 6.45) is 0. The summed E-state index contributed by atoms with van der Waals surface area (Å²) in [5.41, 5.74) is 0.709. The normalized spacial score (nSPS) is 10.3. The highest BCUT2D eigenvalue weighted by Gasteiger charge is 2.08. The Kier molecular flexibility index (Phi) is 3.16. The van der Waals surface area contributed by atoms with Crippen LogP contribution in [0.2, 0.25) is 0 Å². The first-order valence-electron chi connectivity index (χ1n) is 4.76. The lowest BCUT2D eigenvalue weighted by Gasteiger charge is -2.07. The zero-order chi connectivity index (χ0) is 11.5. The van der Waals surface area contributed by atoms with Gasteiger partial charge in [-0.2, -0.15) is 0 Å². The van der Waals surface area contributed by atoms with E-state index in [2.05, 4.69) is 11.8 Å². The predicted octanol–water partition coefficient (Wildman–Crippen LogP) is 2.78. The summed E-state index contributed by atoms with van der Waals surface area (Å²) in [5.74, 6) is 4.99. The molecule has 15 heavy (non-hydrogen) atoms. The highest BCUT2D eigenvalue weighted by molar-refractivity contribution is 5.90. The molecule has 1 aromatic rings. The number of carboxylic acids is 1. The molecule has 0 unspecified atom stereocenters.